The highest BCUT2D eigenvalue weighted by Crippen LogP contribution is 2.19. The molecule has 1 fully saturated rings. The minimum atomic E-state index is -3.59. The van der Waals surface area contributed by atoms with E-state index in [1.54, 1.807) is 18.2 Å². The van der Waals surface area contributed by atoms with E-state index in [4.69, 9.17) is 0 Å². The average molecular weight is 402 g/mol. The smallest absolute Gasteiger partial charge is 0.251 e. The molecule has 2 aromatic rings. The highest BCUT2D eigenvalue weighted by molar-refractivity contribution is 7.89. The second-order valence-electron chi connectivity index (χ2n) is 7.26. The second kappa shape index (κ2) is 8.86. The van der Waals surface area contributed by atoms with E-state index in [-0.39, 0.29) is 16.7 Å². The van der Waals surface area contributed by atoms with E-state index in [1.165, 1.54) is 10.4 Å². The third-order valence-electron chi connectivity index (χ3n) is 5.13. The molecule has 1 saturated heterocycles. The number of sulfonamides is 1. The van der Waals surface area contributed by atoms with E-state index >= 15 is 0 Å². The number of rotatable bonds is 6. The van der Waals surface area contributed by atoms with Crippen molar-refractivity contribution >= 4 is 15.9 Å². The molecule has 1 unspecified atom stereocenters. The lowest BCUT2D eigenvalue weighted by atomic mass is 10.0. The van der Waals surface area contributed by atoms with Crippen molar-refractivity contribution in [3.63, 3.8) is 0 Å². The van der Waals surface area contributed by atoms with Crippen molar-refractivity contribution in [3.05, 3.63) is 65.7 Å². The molecule has 7 heteroatoms. The van der Waals surface area contributed by atoms with Gasteiger partial charge in [-0.15, -0.1) is 0 Å². The molecule has 0 spiro atoms. The Balaban J connectivity index is 1.67. The molecule has 0 aromatic heterocycles. The van der Waals surface area contributed by atoms with E-state index in [2.05, 4.69) is 10.2 Å². The quantitative estimate of drug-likeness (QED) is 0.805. The van der Waals surface area contributed by atoms with Crippen LogP contribution in [0, 0.1) is 0 Å². The van der Waals surface area contributed by atoms with Gasteiger partial charge in [-0.3, -0.25) is 4.79 Å². The molecule has 0 aliphatic carbocycles. The first-order valence-electron chi connectivity index (χ1n) is 9.50. The Kier molecular flexibility index (Phi) is 6.49. The lowest BCUT2D eigenvalue weighted by Gasteiger charge is -2.31. The molecule has 28 heavy (non-hydrogen) atoms. The lowest BCUT2D eigenvalue weighted by Crippen LogP contribution is -2.47. The van der Waals surface area contributed by atoms with Crippen molar-refractivity contribution in [2.45, 2.75) is 17.7 Å². The van der Waals surface area contributed by atoms with E-state index < -0.39 is 10.0 Å². The summed E-state index contributed by atoms with van der Waals surface area (Å²) in [4.78, 5) is 14.8. The fourth-order valence-corrected chi connectivity index (χ4v) is 4.69. The van der Waals surface area contributed by atoms with Gasteiger partial charge in [0.05, 0.1) is 4.90 Å². The number of nitrogens with one attached hydrogen (secondary N) is 1. The van der Waals surface area contributed by atoms with Gasteiger partial charge in [-0.2, -0.15) is 4.31 Å². The lowest BCUT2D eigenvalue weighted by molar-refractivity contribution is 0.0951. The number of piperazine rings is 1. The molecular formula is C21H27N3O3S. The molecule has 3 rings (SSSR count). The number of nitrogens with zero attached hydrogens (tertiary/aromatic N) is 2. The molecule has 2 aromatic carbocycles. The van der Waals surface area contributed by atoms with Crippen molar-refractivity contribution in [2.75, 3.05) is 39.8 Å². The van der Waals surface area contributed by atoms with Crippen LogP contribution in [-0.2, 0) is 10.0 Å². The minimum Gasteiger partial charge on any atom is -0.351 e. The molecule has 1 heterocycles. The Morgan fingerprint density at radius 2 is 1.71 bits per heavy atom. The third kappa shape index (κ3) is 4.79. The van der Waals surface area contributed by atoms with Crippen LogP contribution in [0.3, 0.4) is 0 Å². The summed E-state index contributed by atoms with van der Waals surface area (Å²) in [6, 6.07) is 16.2. The van der Waals surface area contributed by atoms with Crippen LogP contribution in [0.2, 0.25) is 0 Å². The molecule has 1 N–H and O–H groups in total. The largest absolute Gasteiger partial charge is 0.351 e. The molecule has 1 atom stereocenters. The Morgan fingerprint density at radius 1 is 1.04 bits per heavy atom. The number of amides is 1. The first-order chi connectivity index (χ1) is 13.4. The van der Waals surface area contributed by atoms with E-state index in [0.717, 1.165) is 5.56 Å². The van der Waals surface area contributed by atoms with Gasteiger partial charge in [0.15, 0.2) is 0 Å². The van der Waals surface area contributed by atoms with E-state index in [9.17, 15) is 13.2 Å². The minimum absolute atomic E-state index is 0.167. The molecule has 1 amide bonds. The van der Waals surface area contributed by atoms with Crippen LogP contribution >= 0.6 is 0 Å². The van der Waals surface area contributed by atoms with Gasteiger partial charge in [-0.1, -0.05) is 43.3 Å². The Labute approximate surface area is 167 Å². The monoisotopic (exact) mass is 401 g/mol. The third-order valence-corrected chi connectivity index (χ3v) is 7.03. The summed E-state index contributed by atoms with van der Waals surface area (Å²) in [5, 5.41) is 2.91. The SMILES string of the molecule is CC(CNC(=O)c1cccc(S(=O)(=O)N2CCN(C)CC2)c1)c1ccccc1. The first-order valence-corrected chi connectivity index (χ1v) is 10.9. The standard InChI is InChI=1S/C21H27N3O3S/c1-17(18-7-4-3-5-8-18)16-22-21(25)19-9-6-10-20(15-19)28(26,27)24-13-11-23(2)12-14-24/h3-10,15,17H,11-14,16H2,1-2H3,(H,22,25). The zero-order valence-electron chi connectivity index (χ0n) is 16.3. The van der Waals surface area contributed by atoms with Crippen LogP contribution in [0.4, 0.5) is 0 Å². The molecule has 6 nitrogen and oxygen atoms in total. The van der Waals surface area contributed by atoms with Crippen molar-refractivity contribution < 1.29 is 13.2 Å². The zero-order chi connectivity index (χ0) is 20.1. The maximum Gasteiger partial charge on any atom is 0.251 e. The molecular weight excluding hydrogens is 374 g/mol. The first kappa shape index (κ1) is 20.5. The van der Waals surface area contributed by atoms with Gasteiger partial charge >= 0.3 is 0 Å². The van der Waals surface area contributed by atoms with Crippen LogP contribution < -0.4 is 5.32 Å². The number of benzene rings is 2. The van der Waals surface area contributed by atoms with Crippen LogP contribution in [-0.4, -0.2) is 63.3 Å². The van der Waals surface area contributed by atoms with Crippen LogP contribution in [0.15, 0.2) is 59.5 Å². The Morgan fingerprint density at radius 3 is 2.39 bits per heavy atom. The molecule has 1 aliphatic heterocycles. The van der Waals surface area contributed by atoms with Crippen LogP contribution in [0.5, 0.6) is 0 Å². The second-order valence-corrected chi connectivity index (χ2v) is 9.19. The predicted octanol–water partition coefficient (Wildman–Crippen LogP) is 2.16. The van der Waals surface area contributed by atoms with Crippen molar-refractivity contribution in [2.24, 2.45) is 0 Å². The number of hydrogen-bond acceptors (Lipinski definition) is 4. The Hall–Kier alpha value is -2.22. The summed E-state index contributed by atoms with van der Waals surface area (Å²) in [7, 11) is -1.61. The maximum atomic E-state index is 12.9. The zero-order valence-corrected chi connectivity index (χ0v) is 17.2. The van der Waals surface area contributed by atoms with Gasteiger partial charge in [0.25, 0.3) is 5.91 Å². The molecule has 0 radical (unpaired) electrons. The summed E-state index contributed by atoms with van der Waals surface area (Å²) in [5.41, 5.74) is 1.50. The summed E-state index contributed by atoms with van der Waals surface area (Å²) >= 11 is 0. The van der Waals surface area contributed by atoms with Gasteiger partial charge < -0.3 is 10.2 Å². The van der Waals surface area contributed by atoms with E-state index in [0.29, 0.717) is 38.3 Å². The van der Waals surface area contributed by atoms with Crippen molar-refractivity contribution in [3.8, 4) is 0 Å². The normalized spacial score (nSPS) is 17.2. The predicted molar refractivity (Wildman–Crippen MR) is 110 cm³/mol. The van der Waals surface area contributed by atoms with Gasteiger partial charge in [-0.25, -0.2) is 8.42 Å². The number of hydrogen-bond donors (Lipinski definition) is 1. The average Bonchev–Trinajstić information content (AvgIpc) is 2.72. The molecule has 150 valence electrons. The summed E-state index contributed by atoms with van der Waals surface area (Å²) < 4.78 is 27.3. The fourth-order valence-electron chi connectivity index (χ4n) is 3.22. The van der Waals surface area contributed by atoms with Gasteiger partial charge in [0, 0.05) is 38.3 Å². The van der Waals surface area contributed by atoms with E-state index in [1.807, 2.05) is 44.3 Å². The van der Waals surface area contributed by atoms with Crippen LogP contribution in [0.25, 0.3) is 0 Å². The topological polar surface area (TPSA) is 69.7 Å². The highest BCUT2D eigenvalue weighted by Gasteiger charge is 2.27. The van der Waals surface area contributed by atoms with Gasteiger partial charge in [0.2, 0.25) is 10.0 Å². The number of carbonyl (C=O) groups excluding carboxylic acids is 1. The molecule has 1 aliphatic rings. The number of likely N-dealkylation sites (N-methyl/N-ethyl adjacent to an activating group) is 1. The summed E-state index contributed by atoms with van der Waals surface area (Å²) in [5.74, 6) is -0.0967. The summed E-state index contributed by atoms with van der Waals surface area (Å²) in [6.07, 6.45) is 0. The maximum absolute atomic E-state index is 12.9. The molecule has 0 saturated carbocycles. The van der Waals surface area contributed by atoms with Crippen molar-refractivity contribution in [1.29, 1.82) is 0 Å². The Bertz CT molecular complexity index is 908. The highest BCUT2D eigenvalue weighted by atomic mass is 32.2. The number of carbonyl (C=O) groups is 1. The van der Waals surface area contributed by atoms with Crippen LogP contribution in [0.1, 0.15) is 28.8 Å². The van der Waals surface area contributed by atoms with Crippen molar-refractivity contribution in [1.82, 2.24) is 14.5 Å². The molecule has 0 bridgehead atoms. The van der Waals surface area contributed by atoms with Gasteiger partial charge in [-0.05, 0) is 36.7 Å². The van der Waals surface area contributed by atoms with Gasteiger partial charge in [0.1, 0.15) is 0 Å². The summed E-state index contributed by atoms with van der Waals surface area (Å²) in [6.45, 7) is 4.86. The fraction of sp³-hybridized carbons (Fsp3) is 0.381.